The molecule has 9 nitrogen and oxygen atoms in total. The summed E-state index contributed by atoms with van der Waals surface area (Å²) in [5.74, 6) is -0.878. The number of esters is 2. The van der Waals surface area contributed by atoms with Gasteiger partial charge in [0.05, 0.1) is 27.7 Å². The lowest BCUT2D eigenvalue weighted by Crippen LogP contribution is -2.37. The number of hydrogen-bond acceptors (Lipinski definition) is 8. The summed E-state index contributed by atoms with van der Waals surface area (Å²) in [6.07, 6.45) is 93.8. The molecule has 0 fully saturated rings. The molecule has 0 aliphatic heterocycles. The van der Waals surface area contributed by atoms with Crippen molar-refractivity contribution >= 4 is 19.8 Å². The normalized spacial score (nSPS) is 13.7. The summed E-state index contributed by atoms with van der Waals surface area (Å²) in [7, 11) is 1.13. The second-order valence-electron chi connectivity index (χ2n) is 25.6. The van der Waals surface area contributed by atoms with E-state index in [0.29, 0.717) is 17.4 Å². The van der Waals surface area contributed by atoms with E-state index in [2.05, 4.69) is 111 Å². The first-order valence-corrected chi connectivity index (χ1v) is 37.9. The Morgan fingerprint density at radius 1 is 0.368 bits per heavy atom. The molecular formula is C77H138NO8P. The van der Waals surface area contributed by atoms with E-state index in [1.807, 2.05) is 21.1 Å². The van der Waals surface area contributed by atoms with Crippen LogP contribution in [0.5, 0.6) is 0 Å². The standard InChI is InChI=1S/C77H138NO8P/c1-6-8-10-12-14-16-18-20-22-24-26-28-30-32-34-35-36-37-38-39-40-41-42-44-45-47-49-51-53-55-57-59-61-63-65-67-69-76(79)83-73-75(74-85-87(81,82)84-72-71-78(3,4)5)86-77(80)70-68-66-64-62-60-58-56-54-52-50-48-46-43-33-31-29-27-25-23-21-19-17-15-13-11-9-7-2/h9,11,15,17,21,23,27,29,33,43,48,50,54,56,60,62,75H,6-8,10,12-14,16,18-20,22,24-26,28,30-32,34-42,44-47,49,51-53,55,57-59,61,63-74H2,1-5H3/b11-9-,17-15-,23-21-,29-27-,43-33-,50-48-,56-54-,62-60-. The molecule has 87 heavy (non-hydrogen) atoms. The van der Waals surface area contributed by atoms with Crippen LogP contribution in [-0.4, -0.2) is 70.0 Å². The Hall–Kier alpha value is -3.07. The summed E-state index contributed by atoms with van der Waals surface area (Å²) >= 11 is 0. The number of nitrogens with zero attached hydrogens (tertiary/aromatic N) is 1. The molecule has 0 aromatic heterocycles. The number of likely N-dealkylation sites (N-methyl/N-ethyl adjacent to an activating group) is 1. The first-order valence-electron chi connectivity index (χ1n) is 36.4. The molecule has 504 valence electrons. The van der Waals surface area contributed by atoms with Crippen LogP contribution < -0.4 is 4.89 Å². The van der Waals surface area contributed by atoms with Gasteiger partial charge in [0.15, 0.2) is 6.10 Å². The van der Waals surface area contributed by atoms with Crippen LogP contribution in [0.1, 0.15) is 328 Å². The minimum Gasteiger partial charge on any atom is -0.756 e. The third kappa shape index (κ3) is 71.9. The highest BCUT2D eigenvalue weighted by atomic mass is 31.2. The van der Waals surface area contributed by atoms with Gasteiger partial charge in [-0.15, -0.1) is 0 Å². The predicted molar refractivity (Wildman–Crippen MR) is 374 cm³/mol. The molecule has 0 amide bonds. The number of carbonyl (C=O) groups excluding carboxylic acids is 2. The van der Waals surface area contributed by atoms with Crippen molar-refractivity contribution in [2.24, 2.45) is 0 Å². The maximum atomic E-state index is 12.8. The van der Waals surface area contributed by atoms with Crippen LogP contribution in [-0.2, 0) is 32.7 Å². The summed E-state index contributed by atoms with van der Waals surface area (Å²) < 4.78 is 34.3. The van der Waals surface area contributed by atoms with E-state index in [9.17, 15) is 19.0 Å². The molecule has 0 spiro atoms. The summed E-state index contributed by atoms with van der Waals surface area (Å²) in [4.78, 5) is 38.0. The molecule has 0 bridgehead atoms. The minimum atomic E-state index is -4.66. The number of ether oxygens (including phenoxy) is 2. The molecule has 10 heteroatoms. The molecular weight excluding hydrogens is 1100 g/mol. The van der Waals surface area contributed by atoms with Crippen molar-refractivity contribution in [1.29, 1.82) is 0 Å². The molecule has 0 saturated heterocycles. The van der Waals surface area contributed by atoms with Crippen LogP contribution in [0.4, 0.5) is 0 Å². The lowest BCUT2D eigenvalue weighted by Gasteiger charge is -2.28. The first-order chi connectivity index (χ1) is 42.5. The maximum Gasteiger partial charge on any atom is 0.306 e. The maximum absolute atomic E-state index is 12.8. The van der Waals surface area contributed by atoms with Crippen molar-refractivity contribution in [2.75, 3.05) is 47.5 Å². The Kier molecular flexibility index (Phi) is 65.0. The Labute approximate surface area is 538 Å². The van der Waals surface area contributed by atoms with Gasteiger partial charge in [0.1, 0.15) is 19.8 Å². The second kappa shape index (κ2) is 67.3. The van der Waals surface area contributed by atoms with Crippen molar-refractivity contribution in [3.8, 4) is 0 Å². The fraction of sp³-hybridized carbons (Fsp3) is 0.766. The van der Waals surface area contributed by atoms with Crippen molar-refractivity contribution in [3.63, 3.8) is 0 Å². The van der Waals surface area contributed by atoms with Crippen LogP contribution in [0.3, 0.4) is 0 Å². The van der Waals surface area contributed by atoms with Crippen LogP contribution in [0.2, 0.25) is 0 Å². The average molecular weight is 1240 g/mol. The number of allylic oxidation sites excluding steroid dienone is 16. The van der Waals surface area contributed by atoms with E-state index in [4.69, 9.17) is 18.5 Å². The van der Waals surface area contributed by atoms with Crippen LogP contribution >= 0.6 is 7.82 Å². The van der Waals surface area contributed by atoms with Gasteiger partial charge < -0.3 is 27.9 Å². The minimum absolute atomic E-state index is 0.0431. The number of hydrogen-bond donors (Lipinski definition) is 0. The lowest BCUT2D eigenvalue weighted by molar-refractivity contribution is -0.870. The van der Waals surface area contributed by atoms with E-state index < -0.39 is 32.5 Å². The summed E-state index contributed by atoms with van der Waals surface area (Å²) in [5, 5.41) is 0. The molecule has 0 aromatic carbocycles. The zero-order valence-corrected chi connectivity index (χ0v) is 58.3. The molecule has 0 aliphatic rings. The molecule has 2 unspecified atom stereocenters. The molecule has 0 N–H and O–H groups in total. The Balaban J connectivity index is 4.04. The number of carbonyl (C=O) groups is 2. The van der Waals surface area contributed by atoms with Gasteiger partial charge in [-0.3, -0.25) is 14.2 Å². The average Bonchev–Trinajstić information content (AvgIpc) is 3.68. The van der Waals surface area contributed by atoms with Crippen molar-refractivity contribution in [2.45, 2.75) is 335 Å². The largest absolute Gasteiger partial charge is 0.756 e. The third-order valence-corrected chi connectivity index (χ3v) is 16.8. The van der Waals surface area contributed by atoms with Crippen LogP contribution in [0.25, 0.3) is 0 Å². The lowest BCUT2D eigenvalue weighted by atomic mass is 10.0. The topological polar surface area (TPSA) is 111 Å². The zero-order valence-electron chi connectivity index (χ0n) is 57.5. The van der Waals surface area contributed by atoms with Gasteiger partial charge in [-0.25, -0.2) is 0 Å². The molecule has 0 radical (unpaired) electrons. The smallest absolute Gasteiger partial charge is 0.306 e. The fourth-order valence-corrected chi connectivity index (χ4v) is 11.1. The van der Waals surface area contributed by atoms with Gasteiger partial charge in [-0.1, -0.05) is 336 Å². The van der Waals surface area contributed by atoms with Gasteiger partial charge in [-0.05, 0) is 77.0 Å². The fourth-order valence-electron chi connectivity index (χ4n) is 10.3. The highest BCUT2D eigenvalue weighted by Gasteiger charge is 2.22. The SMILES string of the molecule is CC/C=C\C/C=C\C/C=C\C/C=C\C/C=C\C/C=C\C/C=C\C/C=C\CCCCC(=O)OC(COC(=O)CCCCCCCCCCCCCCCCCCCCCCCCCCCCCCCCCCCCCC)COP(=O)([O-])OCC[N+](C)(C)C. The molecule has 0 aliphatic carbocycles. The zero-order chi connectivity index (χ0) is 63.4. The van der Waals surface area contributed by atoms with E-state index in [-0.39, 0.29) is 26.1 Å². The van der Waals surface area contributed by atoms with Gasteiger partial charge in [0, 0.05) is 12.8 Å². The van der Waals surface area contributed by atoms with Crippen LogP contribution in [0.15, 0.2) is 97.2 Å². The van der Waals surface area contributed by atoms with Crippen molar-refractivity contribution in [3.05, 3.63) is 97.2 Å². The second-order valence-corrected chi connectivity index (χ2v) is 27.0. The summed E-state index contributed by atoms with van der Waals surface area (Å²) in [6.45, 7) is 4.11. The number of rotatable bonds is 67. The van der Waals surface area contributed by atoms with Gasteiger partial charge in [0.2, 0.25) is 0 Å². The molecule has 2 atom stereocenters. The quantitative estimate of drug-likeness (QED) is 0.0195. The summed E-state index contributed by atoms with van der Waals surface area (Å²) in [6, 6.07) is 0. The van der Waals surface area contributed by atoms with Crippen molar-refractivity contribution < 1.29 is 42.1 Å². The van der Waals surface area contributed by atoms with Gasteiger partial charge in [0.25, 0.3) is 7.82 Å². The first kappa shape index (κ1) is 83.9. The molecule has 0 saturated carbocycles. The van der Waals surface area contributed by atoms with Gasteiger partial charge in [-0.2, -0.15) is 0 Å². The molecule has 0 aromatic rings. The monoisotopic (exact) mass is 1240 g/mol. The molecule has 0 rings (SSSR count). The number of phosphoric acid groups is 1. The third-order valence-electron chi connectivity index (χ3n) is 15.9. The van der Waals surface area contributed by atoms with E-state index >= 15 is 0 Å². The highest BCUT2D eigenvalue weighted by Crippen LogP contribution is 2.38. The van der Waals surface area contributed by atoms with Gasteiger partial charge >= 0.3 is 11.9 Å². The van der Waals surface area contributed by atoms with E-state index in [1.54, 1.807) is 0 Å². The van der Waals surface area contributed by atoms with Crippen LogP contribution in [0, 0.1) is 0 Å². The Morgan fingerprint density at radius 3 is 0.977 bits per heavy atom. The van der Waals surface area contributed by atoms with Crippen molar-refractivity contribution in [1.82, 2.24) is 0 Å². The number of phosphoric ester groups is 1. The Morgan fingerprint density at radius 2 is 0.655 bits per heavy atom. The summed E-state index contributed by atoms with van der Waals surface area (Å²) in [5.41, 5.74) is 0. The highest BCUT2D eigenvalue weighted by molar-refractivity contribution is 7.45. The molecule has 0 heterocycles. The Bertz CT molecular complexity index is 1790. The number of quaternary nitrogens is 1. The van der Waals surface area contributed by atoms with E-state index in [1.165, 1.54) is 212 Å². The number of unbranched alkanes of at least 4 members (excludes halogenated alkanes) is 37. The predicted octanol–water partition coefficient (Wildman–Crippen LogP) is 23.3. The van der Waals surface area contributed by atoms with E-state index in [0.717, 1.165) is 83.5 Å².